The lowest BCUT2D eigenvalue weighted by molar-refractivity contribution is -0.122. The van der Waals surface area contributed by atoms with E-state index in [1.54, 1.807) is 6.07 Å². The van der Waals surface area contributed by atoms with Crippen molar-refractivity contribution in [2.24, 2.45) is 0 Å². The summed E-state index contributed by atoms with van der Waals surface area (Å²) in [5.41, 5.74) is 2.29. The first-order chi connectivity index (χ1) is 16.6. The van der Waals surface area contributed by atoms with E-state index in [4.69, 9.17) is 0 Å². The summed E-state index contributed by atoms with van der Waals surface area (Å²) >= 11 is 1.44. The fourth-order valence-electron chi connectivity index (χ4n) is 3.83. The number of benzene rings is 3. The molecule has 0 bridgehead atoms. The number of nitrogens with zero attached hydrogens (tertiary/aromatic N) is 3. The number of nitrogens with one attached hydrogen (secondary N) is 1. The molecule has 1 N–H and O–H groups in total. The number of hydrogen-bond acceptors (Lipinski definition) is 5. The summed E-state index contributed by atoms with van der Waals surface area (Å²) in [6.07, 6.45) is 0. The Morgan fingerprint density at radius 3 is 2.24 bits per heavy atom. The van der Waals surface area contributed by atoms with Gasteiger partial charge in [0.25, 0.3) is 5.91 Å². The van der Waals surface area contributed by atoms with Gasteiger partial charge >= 0.3 is 0 Å². The van der Waals surface area contributed by atoms with Crippen molar-refractivity contribution in [3.05, 3.63) is 95.6 Å². The minimum atomic E-state index is -0.0225. The number of hydrogen-bond donors (Lipinski definition) is 1. The van der Waals surface area contributed by atoms with Crippen LogP contribution in [0.25, 0.3) is 0 Å². The summed E-state index contributed by atoms with van der Waals surface area (Å²) in [6, 6.07) is 27.0. The Morgan fingerprint density at radius 1 is 0.853 bits per heavy atom. The van der Waals surface area contributed by atoms with Crippen LogP contribution in [0.2, 0.25) is 0 Å². The molecule has 34 heavy (non-hydrogen) atoms. The van der Waals surface area contributed by atoms with Gasteiger partial charge < -0.3 is 10.2 Å². The molecule has 1 aliphatic heterocycles. The van der Waals surface area contributed by atoms with E-state index in [0.29, 0.717) is 50.4 Å². The van der Waals surface area contributed by atoms with Gasteiger partial charge in [-0.15, -0.1) is 0 Å². The van der Waals surface area contributed by atoms with E-state index in [2.05, 4.69) is 16.3 Å². The summed E-state index contributed by atoms with van der Waals surface area (Å²) in [7, 11) is 0. The number of piperazine rings is 1. The SMILES string of the molecule is N#Cc1ccccc1Sc1ccccc1C(=O)N1CCN(CC(=O)NCc2ccccc2)CC1. The number of carbonyl (C=O) groups excluding carboxylic acids is 2. The Bertz CT molecular complexity index is 1180. The zero-order chi connectivity index (χ0) is 23.8. The van der Waals surface area contributed by atoms with Crippen molar-refractivity contribution >= 4 is 23.6 Å². The normalized spacial score (nSPS) is 13.8. The van der Waals surface area contributed by atoms with Crippen LogP contribution >= 0.6 is 11.8 Å². The van der Waals surface area contributed by atoms with Crippen LogP contribution in [0.3, 0.4) is 0 Å². The highest BCUT2D eigenvalue weighted by Crippen LogP contribution is 2.33. The van der Waals surface area contributed by atoms with Gasteiger partial charge in [-0.1, -0.05) is 66.4 Å². The van der Waals surface area contributed by atoms with Gasteiger partial charge in [0.05, 0.1) is 17.7 Å². The van der Waals surface area contributed by atoms with E-state index in [1.807, 2.05) is 77.7 Å². The van der Waals surface area contributed by atoms with Crippen LogP contribution in [0, 0.1) is 11.3 Å². The minimum absolute atomic E-state index is 0.0125. The fraction of sp³-hybridized carbons (Fsp3) is 0.222. The van der Waals surface area contributed by atoms with Crippen LogP contribution in [0.5, 0.6) is 0 Å². The summed E-state index contributed by atoms with van der Waals surface area (Å²) in [6.45, 7) is 3.28. The zero-order valence-corrected chi connectivity index (χ0v) is 19.6. The molecule has 0 aliphatic carbocycles. The molecule has 0 saturated carbocycles. The molecule has 0 aromatic heterocycles. The third kappa shape index (κ3) is 6.04. The highest BCUT2D eigenvalue weighted by molar-refractivity contribution is 7.99. The molecule has 172 valence electrons. The van der Waals surface area contributed by atoms with Crippen LogP contribution in [0.4, 0.5) is 0 Å². The van der Waals surface area contributed by atoms with Crippen molar-refractivity contribution in [3.63, 3.8) is 0 Å². The van der Waals surface area contributed by atoms with E-state index < -0.39 is 0 Å². The van der Waals surface area contributed by atoms with Gasteiger partial charge in [-0.05, 0) is 29.8 Å². The van der Waals surface area contributed by atoms with Crippen molar-refractivity contribution in [1.82, 2.24) is 15.1 Å². The van der Waals surface area contributed by atoms with Gasteiger partial charge in [0.15, 0.2) is 0 Å². The second-order valence-corrected chi connectivity index (χ2v) is 9.12. The molecule has 1 saturated heterocycles. The summed E-state index contributed by atoms with van der Waals surface area (Å²) in [5.74, 6) is -0.0350. The van der Waals surface area contributed by atoms with Gasteiger partial charge in [0.2, 0.25) is 5.91 Å². The van der Waals surface area contributed by atoms with Crippen LogP contribution in [-0.4, -0.2) is 54.3 Å². The second kappa shape index (κ2) is 11.5. The lowest BCUT2D eigenvalue weighted by atomic mass is 10.1. The quantitative estimate of drug-likeness (QED) is 0.569. The molecule has 0 unspecified atom stereocenters. The first-order valence-electron chi connectivity index (χ1n) is 11.2. The molecule has 3 aromatic rings. The molecular formula is C27H26N4O2S. The Morgan fingerprint density at radius 2 is 1.50 bits per heavy atom. The predicted molar refractivity (Wildman–Crippen MR) is 132 cm³/mol. The topological polar surface area (TPSA) is 76.4 Å². The molecule has 1 aliphatic rings. The molecule has 3 aromatic carbocycles. The lowest BCUT2D eigenvalue weighted by Crippen LogP contribution is -2.51. The maximum atomic E-state index is 13.3. The molecule has 2 amide bonds. The van der Waals surface area contributed by atoms with Gasteiger partial charge in [-0.3, -0.25) is 14.5 Å². The lowest BCUT2D eigenvalue weighted by Gasteiger charge is -2.34. The first-order valence-corrected chi connectivity index (χ1v) is 12.0. The molecule has 1 fully saturated rings. The van der Waals surface area contributed by atoms with Crippen molar-refractivity contribution in [2.75, 3.05) is 32.7 Å². The van der Waals surface area contributed by atoms with Gasteiger partial charge in [-0.25, -0.2) is 0 Å². The van der Waals surface area contributed by atoms with Gasteiger partial charge in [0, 0.05) is 42.5 Å². The Labute approximate surface area is 204 Å². The van der Waals surface area contributed by atoms with Crippen molar-refractivity contribution in [1.29, 1.82) is 5.26 Å². The van der Waals surface area contributed by atoms with Crippen molar-refractivity contribution in [2.45, 2.75) is 16.3 Å². The molecule has 0 atom stereocenters. The number of nitriles is 1. The van der Waals surface area contributed by atoms with E-state index >= 15 is 0 Å². The standard InChI is InChI=1S/C27H26N4O2S/c28-18-22-10-4-6-12-24(22)34-25-13-7-5-11-23(25)27(33)31-16-14-30(15-17-31)20-26(32)29-19-21-8-2-1-3-9-21/h1-13H,14-17,19-20H2,(H,29,32). The Hall–Kier alpha value is -3.60. The predicted octanol–water partition coefficient (Wildman–Crippen LogP) is 3.78. The number of amides is 2. The monoisotopic (exact) mass is 470 g/mol. The summed E-state index contributed by atoms with van der Waals surface area (Å²) < 4.78 is 0. The van der Waals surface area contributed by atoms with E-state index in [0.717, 1.165) is 15.4 Å². The first kappa shape index (κ1) is 23.6. The maximum Gasteiger partial charge on any atom is 0.255 e. The van der Waals surface area contributed by atoms with Crippen LogP contribution in [0.15, 0.2) is 88.7 Å². The van der Waals surface area contributed by atoms with Gasteiger partial charge in [-0.2, -0.15) is 5.26 Å². The smallest absolute Gasteiger partial charge is 0.255 e. The van der Waals surface area contributed by atoms with Crippen LogP contribution < -0.4 is 5.32 Å². The highest BCUT2D eigenvalue weighted by Gasteiger charge is 2.25. The average Bonchev–Trinajstić information content (AvgIpc) is 2.89. The number of rotatable bonds is 7. The largest absolute Gasteiger partial charge is 0.351 e. The molecule has 4 rings (SSSR count). The van der Waals surface area contributed by atoms with E-state index in [9.17, 15) is 14.9 Å². The summed E-state index contributed by atoms with van der Waals surface area (Å²) in [5, 5.41) is 12.3. The molecule has 0 spiro atoms. The maximum absolute atomic E-state index is 13.3. The number of carbonyl (C=O) groups is 2. The molecule has 0 radical (unpaired) electrons. The van der Waals surface area contributed by atoms with Crippen LogP contribution in [0.1, 0.15) is 21.5 Å². The molecule has 1 heterocycles. The van der Waals surface area contributed by atoms with E-state index in [-0.39, 0.29) is 11.8 Å². The molecular weight excluding hydrogens is 444 g/mol. The van der Waals surface area contributed by atoms with E-state index in [1.165, 1.54) is 11.8 Å². The third-order valence-corrected chi connectivity index (χ3v) is 6.86. The molecule has 6 nitrogen and oxygen atoms in total. The van der Waals surface area contributed by atoms with Crippen molar-refractivity contribution in [3.8, 4) is 6.07 Å². The molecule has 7 heteroatoms. The third-order valence-electron chi connectivity index (χ3n) is 5.70. The van der Waals surface area contributed by atoms with Crippen molar-refractivity contribution < 1.29 is 9.59 Å². The highest BCUT2D eigenvalue weighted by atomic mass is 32.2. The zero-order valence-electron chi connectivity index (χ0n) is 18.8. The second-order valence-electron chi connectivity index (χ2n) is 8.04. The fourth-order valence-corrected chi connectivity index (χ4v) is 4.85. The summed E-state index contributed by atoms with van der Waals surface area (Å²) in [4.78, 5) is 31.2. The van der Waals surface area contributed by atoms with Crippen LogP contribution in [-0.2, 0) is 11.3 Å². The Balaban J connectivity index is 1.32. The minimum Gasteiger partial charge on any atom is -0.351 e. The average molecular weight is 471 g/mol. The Kier molecular flexibility index (Phi) is 7.97. The van der Waals surface area contributed by atoms with Gasteiger partial charge in [0.1, 0.15) is 6.07 Å².